The number of nitrogens with one attached hydrogen (secondary N) is 1. The van der Waals surface area contributed by atoms with E-state index in [2.05, 4.69) is 11.4 Å². The van der Waals surface area contributed by atoms with Crippen LogP contribution in [0.1, 0.15) is 35.6 Å². The van der Waals surface area contributed by atoms with Crippen LogP contribution in [0.5, 0.6) is 5.75 Å². The molecular formula is C23H32N2O4S. The Morgan fingerprint density at radius 1 is 0.967 bits per heavy atom. The van der Waals surface area contributed by atoms with Gasteiger partial charge in [-0.2, -0.15) is 0 Å². The molecule has 0 heterocycles. The molecule has 1 amide bonds. The van der Waals surface area contributed by atoms with Gasteiger partial charge in [0.15, 0.2) is 0 Å². The molecule has 0 aliphatic heterocycles. The largest absolute Gasteiger partial charge is 0.492 e. The van der Waals surface area contributed by atoms with E-state index in [4.69, 9.17) is 4.74 Å². The van der Waals surface area contributed by atoms with Crippen molar-refractivity contribution in [3.63, 3.8) is 0 Å². The second-order valence-electron chi connectivity index (χ2n) is 7.79. The lowest BCUT2D eigenvalue weighted by Gasteiger charge is -2.30. The Morgan fingerprint density at radius 2 is 1.47 bits per heavy atom. The number of hydrogen-bond donors (Lipinski definition) is 1. The highest BCUT2D eigenvalue weighted by molar-refractivity contribution is 7.92. The Kier molecular flexibility index (Phi) is 7.89. The summed E-state index contributed by atoms with van der Waals surface area (Å²) in [4.78, 5) is 12.9. The summed E-state index contributed by atoms with van der Waals surface area (Å²) in [5.74, 6) is 0.410. The highest BCUT2D eigenvalue weighted by Gasteiger charge is 2.31. The predicted molar refractivity (Wildman–Crippen MR) is 122 cm³/mol. The van der Waals surface area contributed by atoms with Crippen LogP contribution in [0.2, 0.25) is 0 Å². The third-order valence-electron chi connectivity index (χ3n) is 4.66. The summed E-state index contributed by atoms with van der Waals surface area (Å²) in [5, 5.41) is 2.81. The maximum atomic E-state index is 12.9. The molecule has 0 saturated heterocycles. The third kappa shape index (κ3) is 6.49. The van der Waals surface area contributed by atoms with Crippen LogP contribution in [0, 0.1) is 27.7 Å². The number of anilines is 1. The van der Waals surface area contributed by atoms with E-state index in [1.165, 1.54) is 4.31 Å². The standard InChI is InChI=1S/C23H32N2O4S/c1-7-22(25(30(6,27)28)20-12-16(2)10-17(3)13-20)23(26)24-8-9-29-21-14-18(4)11-19(5)15-21/h10-15,22H,7-9H2,1-6H3,(H,24,26)/t22-/m0/s1. The fraction of sp³-hybridized carbons (Fsp3) is 0.435. The minimum absolute atomic E-state index is 0.284. The summed E-state index contributed by atoms with van der Waals surface area (Å²) in [6.45, 7) is 10.2. The van der Waals surface area contributed by atoms with Crippen molar-refractivity contribution in [3.8, 4) is 5.75 Å². The molecule has 164 valence electrons. The zero-order valence-electron chi connectivity index (χ0n) is 18.7. The van der Waals surface area contributed by atoms with E-state index in [1.807, 2.05) is 45.9 Å². The molecule has 2 aromatic rings. The molecule has 30 heavy (non-hydrogen) atoms. The molecule has 0 aromatic heterocycles. The molecule has 0 unspecified atom stereocenters. The number of sulfonamides is 1. The minimum atomic E-state index is -3.65. The van der Waals surface area contributed by atoms with Gasteiger partial charge in [-0.25, -0.2) is 8.42 Å². The summed E-state index contributed by atoms with van der Waals surface area (Å²) >= 11 is 0. The van der Waals surface area contributed by atoms with Crippen LogP contribution in [0.15, 0.2) is 36.4 Å². The van der Waals surface area contributed by atoms with Crippen molar-refractivity contribution in [2.75, 3.05) is 23.7 Å². The van der Waals surface area contributed by atoms with Crippen molar-refractivity contribution in [3.05, 3.63) is 58.7 Å². The monoisotopic (exact) mass is 432 g/mol. The first-order chi connectivity index (χ1) is 14.0. The van der Waals surface area contributed by atoms with Gasteiger partial charge in [-0.05, 0) is 80.6 Å². The van der Waals surface area contributed by atoms with Crippen LogP contribution in [-0.2, 0) is 14.8 Å². The molecule has 0 bridgehead atoms. The summed E-state index contributed by atoms with van der Waals surface area (Å²) < 4.78 is 32.1. The smallest absolute Gasteiger partial charge is 0.244 e. The van der Waals surface area contributed by atoms with E-state index in [-0.39, 0.29) is 12.5 Å². The Hall–Kier alpha value is -2.54. The van der Waals surface area contributed by atoms with Crippen LogP contribution in [0.25, 0.3) is 0 Å². The van der Waals surface area contributed by atoms with E-state index in [0.29, 0.717) is 18.7 Å². The number of rotatable bonds is 9. The Morgan fingerprint density at radius 3 is 1.93 bits per heavy atom. The quantitative estimate of drug-likeness (QED) is 0.614. The average Bonchev–Trinajstić information content (AvgIpc) is 2.60. The summed E-state index contributed by atoms with van der Waals surface area (Å²) in [5.41, 5.74) is 4.60. The van der Waals surface area contributed by atoms with Gasteiger partial charge in [0.25, 0.3) is 0 Å². The van der Waals surface area contributed by atoms with E-state index < -0.39 is 16.1 Å². The lowest BCUT2D eigenvalue weighted by Crippen LogP contribution is -2.50. The minimum Gasteiger partial charge on any atom is -0.492 e. The topological polar surface area (TPSA) is 75.7 Å². The zero-order valence-corrected chi connectivity index (χ0v) is 19.5. The third-order valence-corrected chi connectivity index (χ3v) is 5.84. The summed E-state index contributed by atoms with van der Waals surface area (Å²) in [6.07, 6.45) is 1.48. The van der Waals surface area contributed by atoms with Crippen molar-refractivity contribution < 1.29 is 17.9 Å². The molecule has 0 saturated carbocycles. The summed E-state index contributed by atoms with van der Waals surface area (Å²) in [6, 6.07) is 10.6. The molecule has 6 nitrogen and oxygen atoms in total. The van der Waals surface area contributed by atoms with Crippen molar-refractivity contribution in [1.82, 2.24) is 5.32 Å². The Bertz CT molecular complexity index is 962. The number of amides is 1. The van der Waals surface area contributed by atoms with Crippen molar-refractivity contribution in [2.45, 2.75) is 47.1 Å². The van der Waals surface area contributed by atoms with Gasteiger partial charge in [0, 0.05) is 0 Å². The number of nitrogens with zero attached hydrogens (tertiary/aromatic N) is 1. The number of aryl methyl sites for hydroxylation is 4. The van der Waals surface area contributed by atoms with Gasteiger partial charge in [0.05, 0.1) is 18.5 Å². The zero-order chi connectivity index (χ0) is 22.5. The van der Waals surface area contributed by atoms with Gasteiger partial charge in [-0.15, -0.1) is 0 Å². The molecule has 0 aliphatic rings. The van der Waals surface area contributed by atoms with Gasteiger partial charge in [-0.1, -0.05) is 19.1 Å². The van der Waals surface area contributed by atoms with Crippen LogP contribution >= 0.6 is 0 Å². The first kappa shape index (κ1) is 23.7. The van der Waals surface area contributed by atoms with Crippen LogP contribution in [0.4, 0.5) is 5.69 Å². The highest BCUT2D eigenvalue weighted by Crippen LogP contribution is 2.25. The molecule has 2 aromatic carbocycles. The first-order valence-corrected chi connectivity index (χ1v) is 11.9. The van der Waals surface area contributed by atoms with Gasteiger partial charge < -0.3 is 10.1 Å². The summed E-state index contributed by atoms with van der Waals surface area (Å²) in [7, 11) is -3.65. The van der Waals surface area contributed by atoms with Crippen LogP contribution < -0.4 is 14.4 Å². The van der Waals surface area contributed by atoms with Crippen molar-refractivity contribution >= 4 is 21.6 Å². The van der Waals surface area contributed by atoms with Crippen molar-refractivity contribution in [1.29, 1.82) is 0 Å². The predicted octanol–water partition coefficient (Wildman–Crippen LogP) is 3.66. The molecule has 0 aliphatic carbocycles. The number of carbonyl (C=O) groups excluding carboxylic acids is 1. The number of ether oxygens (including phenoxy) is 1. The highest BCUT2D eigenvalue weighted by atomic mass is 32.2. The van der Waals surface area contributed by atoms with Gasteiger partial charge >= 0.3 is 0 Å². The first-order valence-electron chi connectivity index (χ1n) is 10.1. The second kappa shape index (κ2) is 9.98. The van der Waals surface area contributed by atoms with E-state index in [1.54, 1.807) is 19.1 Å². The number of hydrogen-bond acceptors (Lipinski definition) is 4. The molecular weight excluding hydrogens is 400 g/mol. The SMILES string of the molecule is CC[C@@H](C(=O)NCCOc1cc(C)cc(C)c1)N(c1cc(C)cc(C)c1)S(C)(=O)=O. The average molecular weight is 433 g/mol. The van der Waals surface area contributed by atoms with E-state index >= 15 is 0 Å². The number of carbonyl (C=O) groups is 1. The lowest BCUT2D eigenvalue weighted by molar-refractivity contribution is -0.122. The van der Waals surface area contributed by atoms with Crippen LogP contribution in [0.3, 0.4) is 0 Å². The fourth-order valence-electron chi connectivity index (χ4n) is 3.62. The normalized spacial score (nSPS) is 12.3. The van der Waals surface area contributed by atoms with Gasteiger partial charge in [0.2, 0.25) is 15.9 Å². The maximum Gasteiger partial charge on any atom is 0.244 e. The maximum absolute atomic E-state index is 12.9. The Labute approximate surface area is 180 Å². The van der Waals surface area contributed by atoms with Gasteiger partial charge in [-0.3, -0.25) is 9.10 Å². The van der Waals surface area contributed by atoms with E-state index in [0.717, 1.165) is 34.3 Å². The van der Waals surface area contributed by atoms with E-state index in [9.17, 15) is 13.2 Å². The molecule has 0 fully saturated rings. The van der Waals surface area contributed by atoms with Crippen LogP contribution in [-0.4, -0.2) is 39.8 Å². The van der Waals surface area contributed by atoms with Gasteiger partial charge in [0.1, 0.15) is 18.4 Å². The molecule has 0 radical (unpaired) electrons. The fourth-order valence-corrected chi connectivity index (χ4v) is 4.81. The molecule has 7 heteroatoms. The molecule has 0 spiro atoms. The molecule has 1 atom stereocenters. The lowest BCUT2D eigenvalue weighted by atomic mass is 10.1. The molecule has 1 N–H and O–H groups in total. The Balaban J connectivity index is 2.10. The molecule has 2 rings (SSSR count). The second-order valence-corrected chi connectivity index (χ2v) is 9.65. The van der Waals surface area contributed by atoms with Crippen molar-refractivity contribution in [2.24, 2.45) is 0 Å². The number of benzene rings is 2.